The predicted octanol–water partition coefficient (Wildman–Crippen LogP) is 4.55. The van der Waals surface area contributed by atoms with Crippen molar-refractivity contribution < 1.29 is 13.9 Å². The monoisotopic (exact) mass is 384 g/mol. The maximum Gasteiger partial charge on any atom is 0.262 e. The van der Waals surface area contributed by atoms with Crippen molar-refractivity contribution in [2.45, 2.75) is 20.0 Å². The first kappa shape index (κ1) is 19.0. The van der Waals surface area contributed by atoms with Gasteiger partial charge in [-0.25, -0.2) is 0 Å². The fourth-order valence-electron chi connectivity index (χ4n) is 2.54. The number of rotatable bonds is 8. The standard InChI is InChI=1S/C21H21ClN2O3/c1-15-4-7-18(8-5-15)24-21(25)14-27-20-9-6-17(22)11-16(20)12-23-13-19-3-2-10-26-19/h2-11,23H,12-14H2,1H3,(H,24,25). The fraction of sp³-hybridized carbons (Fsp3) is 0.190. The molecule has 1 heterocycles. The molecule has 2 N–H and O–H groups in total. The largest absolute Gasteiger partial charge is 0.483 e. The third kappa shape index (κ3) is 5.88. The van der Waals surface area contributed by atoms with Crippen LogP contribution in [0, 0.1) is 6.92 Å². The minimum absolute atomic E-state index is 0.0826. The van der Waals surface area contributed by atoms with E-state index in [9.17, 15) is 4.79 Å². The third-order valence-corrected chi connectivity index (χ3v) is 4.15. The summed E-state index contributed by atoms with van der Waals surface area (Å²) in [5, 5.41) is 6.70. The molecule has 6 heteroatoms. The summed E-state index contributed by atoms with van der Waals surface area (Å²) in [5.74, 6) is 1.24. The highest BCUT2D eigenvalue weighted by Gasteiger charge is 2.09. The lowest BCUT2D eigenvalue weighted by molar-refractivity contribution is -0.118. The van der Waals surface area contributed by atoms with Crippen LogP contribution in [0.15, 0.2) is 65.3 Å². The van der Waals surface area contributed by atoms with Crippen LogP contribution in [0.25, 0.3) is 0 Å². The first-order chi connectivity index (χ1) is 13.1. The van der Waals surface area contributed by atoms with Crippen LogP contribution in [-0.2, 0) is 17.9 Å². The smallest absolute Gasteiger partial charge is 0.262 e. The highest BCUT2D eigenvalue weighted by molar-refractivity contribution is 6.30. The summed E-state index contributed by atoms with van der Waals surface area (Å²) >= 11 is 6.10. The summed E-state index contributed by atoms with van der Waals surface area (Å²) in [7, 11) is 0. The highest BCUT2D eigenvalue weighted by Crippen LogP contribution is 2.23. The van der Waals surface area contributed by atoms with Gasteiger partial charge in [-0.1, -0.05) is 29.3 Å². The quantitative estimate of drug-likeness (QED) is 0.598. The maximum atomic E-state index is 12.1. The molecule has 0 saturated carbocycles. The number of furan rings is 1. The molecule has 1 amide bonds. The summed E-state index contributed by atoms with van der Waals surface area (Å²) in [6, 6.07) is 16.7. The zero-order valence-electron chi connectivity index (χ0n) is 15.0. The van der Waals surface area contributed by atoms with E-state index in [1.165, 1.54) is 0 Å². The molecule has 0 saturated heterocycles. The number of benzene rings is 2. The predicted molar refractivity (Wildman–Crippen MR) is 106 cm³/mol. The van der Waals surface area contributed by atoms with E-state index in [2.05, 4.69) is 10.6 Å². The van der Waals surface area contributed by atoms with Crippen LogP contribution in [-0.4, -0.2) is 12.5 Å². The van der Waals surface area contributed by atoms with Crippen LogP contribution < -0.4 is 15.4 Å². The van der Waals surface area contributed by atoms with Crippen molar-refractivity contribution in [3.05, 3.63) is 82.8 Å². The molecule has 2 aromatic carbocycles. The number of nitrogens with one attached hydrogen (secondary N) is 2. The van der Waals surface area contributed by atoms with Crippen molar-refractivity contribution in [3.8, 4) is 5.75 Å². The van der Waals surface area contributed by atoms with Crippen molar-refractivity contribution in [2.75, 3.05) is 11.9 Å². The molecule has 0 radical (unpaired) electrons. The number of aryl methyl sites for hydroxylation is 1. The molecule has 140 valence electrons. The maximum absolute atomic E-state index is 12.1. The van der Waals surface area contributed by atoms with Gasteiger partial charge < -0.3 is 19.8 Å². The molecular formula is C21H21ClN2O3. The van der Waals surface area contributed by atoms with Gasteiger partial charge in [-0.05, 0) is 49.4 Å². The van der Waals surface area contributed by atoms with E-state index in [0.29, 0.717) is 23.9 Å². The van der Waals surface area contributed by atoms with Gasteiger partial charge in [0.1, 0.15) is 11.5 Å². The van der Waals surface area contributed by atoms with Gasteiger partial charge in [-0.3, -0.25) is 4.79 Å². The Morgan fingerprint density at radius 1 is 1.11 bits per heavy atom. The normalized spacial score (nSPS) is 10.6. The topological polar surface area (TPSA) is 63.5 Å². The Balaban J connectivity index is 1.55. The molecule has 0 fully saturated rings. The Hall–Kier alpha value is -2.76. The van der Waals surface area contributed by atoms with Crippen LogP contribution in [0.2, 0.25) is 5.02 Å². The third-order valence-electron chi connectivity index (χ3n) is 3.91. The summed E-state index contributed by atoms with van der Waals surface area (Å²) in [5.41, 5.74) is 2.75. The number of carbonyl (C=O) groups excluding carboxylic acids is 1. The Morgan fingerprint density at radius 3 is 2.67 bits per heavy atom. The molecule has 0 unspecified atom stereocenters. The van der Waals surface area contributed by atoms with Gasteiger partial charge in [0.25, 0.3) is 5.91 Å². The second-order valence-electron chi connectivity index (χ2n) is 6.14. The fourth-order valence-corrected chi connectivity index (χ4v) is 2.73. The molecule has 0 aliphatic heterocycles. The molecule has 3 aromatic rings. The Kier molecular flexibility index (Phi) is 6.52. The minimum Gasteiger partial charge on any atom is -0.483 e. The van der Waals surface area contributed by atoms with E-state index in [4.69, 9.17) is 20.8 Å². The van der Waals surface area contributed by atoms with E-state index >= 15 is 0 Å². The Labute approximate surface area is 163 Å². The number of ether oxygens (including phenoxy) is 1. The number of hydrogen-bond acceptors (Lipinski definition) is 4. The van der Waals surface area contributed by atoms with Crippen molar-refractivity contribution in [1.29, 1.82) is 0 Å². The number of carbonyl (C=O) groups is 1. The lowest BCUT2D eigenvalue weighted by atomic mass is 10.2. The first-order valence-electron chi connectivity index (χ1n) is 8.61. The van der Waals surface area contributed by atoms with Gasteiger partial charge in [0.2, 0.25) is 0 Å². The second kappa shape index (κ2) is 9.26. The number of hydrogen-bond donors (Lipinski definition) is 2. The van der Waals surface area contributed by atoms with Gasteiger partial charge in [0, 0.05) is 22.8 Å². The van der Waals surface area contributed by atoms with E-state index in [1.807, 2.05) is 49.4 Å². The Bertz CT molecular complexity index is 877. The van der Waals surface area contributed by atoms with E-state index in [-0.39, 0.29) is 12.5 Å². The lowest BCUT2D eigenvalue weighted by Crippen LogP contribution is -2.21. The summed E-state index contributed by atoms with van der Waals surface area (Å²) in [4.78, 5) is 12.1. The zero-order chi connectivity index (χ0) is 19.1. The number of halogens is 1. The van der Waals surface area contributed by atoms with Crippen LogP contribution >= 0.6 is 11.6 Å². The molecule has 0 bridgehead atoms. The lowest BCUT2D eigenvalue weighted by Gasteiger charge is -2.13. The molecule has 0 spiro atoms. The molecule has 1 aromatic heterocycles. The Morgan fingerprint density at radius 2 is 1.93 bits per heavy atom. The SMILES string of the molecule is Cc1ccc(NC(=O)COc2ccc(Cl)cc2CNCc2ccco2)cc1. The molecule has 5 nitrogen and oxygen atoms in total. The van der Waals surface area contributed by atoms with Crippen molar-refractivity contribution in [3.63, 3.8) is 0 Å². The molecule has 0 aliphatic carbocycles. The van der Waals surface area contributed by atoms with Crippen LogP contribution in [0.5, 0.6) is 5.75 Å². The molecular weight excluding hydrogens is 364 g/mol. The number of amides is 1. The molecule has 0 aliphatic rings. The zero-order valence-corrected chi connectivity index (χ0v) is 15.8. The van der Waals surface area contributed by atoms with Crippen LogP contribution in [0.1, 0.15) is 16.9 Å². The van der Waals surface area contributed by atoms with E-state index in [0.717, 1.165) is 22.6 Å². The van der Waals surface area contributed by atoms with Crippen molar-refractivity contribution >= 4 is 23.2 Å². The number of anilines is 1. The first-order valence-corrected chi connectivity index (χ1v) is 8.99. The van der Waals surface area contributed by atoms with Gasteiger partial charge in [0.05, 0.1) is 12.8 Å². The van der Waals surface area contributed by atoms with Gasteiger partial charge in [-0.2, -0.15) is 0 Å². The van der Waals surface area contributed by atoms with Crippen molar-refractivity contribution in [1.82, 2.24) is 5.32 Å². The highest BCUT2D eigenvalue weighted by atomic mass is 35.5. The molecule has 27 heavy (non-hydrogen) atoms. The van der Waals surface area contributed by atoms with Gasteiger partial charge in [0.15, 0.2) is 6.61 Å². The van der Waals surface area contributed by atoms with Gasteiger partial charge >= 0.3 is 0 Å². The second-order valence-corrected chi connectivity index (χ2v) is 6.57. The van der Waals surface area contributed by atoms with Crippen molar-refractivity contribution in [2.24, 2.45) is 0 Å². The average molecular weight is 385 g/mol. The van der Waals surface area contributed by atoms with E-state index in [1.54, 1.807) is 18.4 Å². The average Bonchev–Trinajstić information content (AvgIpc) is 3.16. The minimum atomic E-state index is -0.219. The summed E-state index contributed by atoms with van der Waals surface area (Å²) < 4.78 is 11.0. The van der Waals surface area contributed by atoms with E-state index < -0.39 is 0 Å². The van der Waals surface area contributed by atoms with Gasteiger partial charge in [-0.15, -0.1) is 0 Å². The molecule has 0 atom stereocenters. The summed E-state index contributed by atoms with van der Waals surface area (Å²) in [6.07, 6.45) is 1.64. The van der Waals surface area contributed by atoms with Crippen LogP contribution in [0.4, 0.5) is 5.69 Å². The van der Waals surface area contributed by atoms with Crippen LogP contribution in [0.3, 0.4) is 0 Å². The summed E-state index contributed by atoms with van der Waals surface area (Å²) in [6.45, 7) is 3.04. The molecule has 3 rings (SSSR count).